The predicted molar refractivity (Wildman–Crippen MR) is 121 cm³/mol. The third kappa shape index (κ3) is 4.61. The zero-order valence-corrected chi connectivity index (χ0v) is 17.8. The zero-order chi connectivity index (χ0) is 21.8. The number of amides is 1. The van der Waals surface area contributed by atoms with Gasteiger partial charge in [-0.05, 0) is 32.4 Å². The fraction of sp³-hybridized carbons (Fsp3) is 0.167. The molecule has 0 saturated heterocycles. The molecule has 0 spiro atoms. The largest absolute Gasteiger partial charge is 0.289 e. The van der Waals surface area contributed by atoms with Gasteiger partial charge in [0.05, 0.1) is 24.1 Å². The SMILES string of the molecule is Cc1ccc(Cn2nc(C)c(/C=N/NC(=O)c3cc(-c4ccccc4)n[nH]3)c2C)cc1. The van der Waals surface area contributed by atoms with Gasteiger partial charge in [-0.15, -0.1) is 0 Å². The van der Waals surface area contributed by atoms with E-state index in [1.165, 1.54) is 11.1 Å². The summed E-state index contributed by atoms with van der Waals surface area (Å²) in [5.74, 6) is -0.353. The molecule has 2 aromatic carbocycles. The smallest absolute Gasteiger partial charge is 0.272 e. The van der Waals surface area contributed by atoms with Crippen LogP contribution in [-0.2, 0) is 6.54 Å². The lowest BCUT2D eigenvalue weighted by Crippen LogP contribution is -2.18. The van der Waals surface area contributed by atoms with Crippen molar-refractivity contribution in [2.75, 3.05) is 0 Å². The molecule has 4 aromatic rings. The molecule has 0 saturated carbocycles. The molecule has 0 atom stereocenters. The Labute approximate surface area is 180 Å². The number of carbonyl (C=O) groups is 1. The van der Waals surface area contributed by atoms with Crippen LogP contribution < -0.4 is 5.43 Å². The molecule has 156 valence electrons. The van der Waals surface area contributed by atoms with Crippen LogP contribution in [0.1, 0.15) is 38.6 Å². The fourth-order valence-electron chi connectivity index (χ4n) is 3.33. The second-order valence-electron chi connectivity index (χ2n) is 7.46. The normalized spacial score (nSPS) is 11.2. The van der Waals surface area contributed by atoms with Crippen LogP contribution in [0.25, 0.3) is 11.3 Å². The number of carbonyl (C=O) groups excluding carboxylic acids is 1. The van der Waals surface area contributed by atoms with Gasteiger partial charge in [-0.1, -0.05) is 60.2 Å². The van der Waals surface area contributed by atoms with Crippen LogP contribution in [0.2, 0.25) is 0 Å². The minimum atomic E-state index is -0.353. The van der Waals surface area contributed by atoms with E-state index in [4.69, 9.17) is 0 Å². The van der Waals surface area contributed by atoms with Gasteiger partial charge in [0.1, 0.15) is 5.69 Å². The van der Waals surface area contributed by atoms with Gasteiger partial charge in [-0.3, -0.25) is 14.6 Å². The van der Waals surface area contributed by atoms with Gasteiger partial charge in [0, 0.05) is 16.8 Å². The first-order chi connectivity index (χ1) is 15.0. The molecule has 31 heavy (non-hydrogen) atoms. The molecule has 0 bridgehead atoms. The van der Waals surface area contributed by atoms with E-state index in [-0.39, 0.29) is 5.91 Å². The van der Waals surface area contributed by atoms with E-state index in [0.29, 0.717) is 17.9 Å². The topological polar surface area (TPSA) is 88.0 Å². The number of benzene rings is 2. The number of aromatic amines is 1. The standard InChI is InChI=1S/C24H24N6O/c1-16-9-11-19(12-10-16)15-30-18(3)21(17(2)29-30)14-25-28-24(31)23-13-22(26-27-23)20-7-5-4-6-8-20/h4-14H,15H2,1-3H3,(H,26,27)(H,28,31)/b25-14+. The van der Waals surface area contributed by atoms with Gasteiger partial charge in [0.2, 0.25) is 0 Å². The molecule has 7 heteroatoms. The lowest BCUT2D eigenvalue weighted by Gasteiger charge is -2.05. The molecule has 0 aliphatic carbocycles. The van der Waals surface area contributed by atoms with Crippen molar-refractivity contribution in [1.29, 1.82) is 0 Å². The third-order valence-electron chi connectivity index (χ3n) is 5.14. The van der Waals surface area contributed by atoms with E-state index < -0.39 is 0 Å². The number of nitrogens with one attached hydrogen (secondary N) is 2. The summed E-state index contributed by atoms with van der Waals surface area (Å²) < 4.78 is 1.95. The molecule has 2 aromatic heterocycles. The summed E-state index contributed by atoms with van der Waals surface area (Å²) in [6.07, 6.45) is 1.63. The highest BCUT2D eigenvalue weighted by molar-refractivity contribution is 5.94. The Morgan fingerprint density at radius 3 is 2.58 bits per heavy atom. The average molecular weight is 412 g/mol. The van der Waals surface area contributed by atoms with Crippen molar-refractivity contribution in [3.05, 3.63) is 94.4 Å². The number of hydrazone groups is 1. The van der Waals surface area contributed by atoms with E-state index in [0.717, 1.165) is 22.5 Å². The monoisotopic (exact) mass is 412 g/mol. The molecule has 0 aliphatic heterocycles. The van der Waals surface area contributed by atoms with E-state index in [2.05, 4.69) is 57.0 Å². The van der Waals surface area contributed by atoms with Crippen molar-refractivity contribution in [3.63, 3.8) is 0 Å². The van der Waals surface area contributed by atoms with Crippen LogP contribution in [0.5, 0.6) is 0 Å². The van der Waals surface area contributed by atoms with Crippen molar-refractivity contribution >= 4 is 12.1 Å². The Bertz CT molecular complexity index is 1220. The summed E-state index contributed by atoms with van der Waals surface area (Å²) in [7, 11) is 0. The highest BCUT2D eigenvalue weighted by Gasteiger charge is 2.12. The van der Waals surface area contributed by atoms with Crippen molar-refractivity contribution < 1.29 is 4.79 Å². The molecular weight excluding hydrogens is 388 g/mol. The summed E-state index contributed by atoms with van der Waals surface area (Å²) in [6, 6.07) is 19.8. The fourth-order valence-corrected chi connectivity index (χ4v) is 3.33. The second kappa shape index (κ2) is 8.79. The third-order valence-corrected chi connectivity index (χ3v) is 5.14. The summed E-state index contributed by atoms with van der Waals surface area (Å²) in [4.78, 5) is 12.4. The van der Waals surface area contributed by atoms with Gasteiger partial charge in [-0.25, -0.2) is 5.43 Å². The van der Waals surface area contributed by atoms with E-state index in [1.54, 1.807) is 12.3 Å². The maximum Gasteiger partial charge on any atom is 0.289 e. The number of aromatic nitrogens is 4. The van der Waals surface area contributed by atoms with Gasteiger partial charge in [0.15, 0.2) is 0 Å². The van der Waals surface area contributed by atoms with E-state index >= 15 is 0 Å². The molecule has 0 radical (unpaired) electrons. The maximum absolute atomic E-state index is 12.4. The number of nitrogens with zero attached hydrogens (tertiary/aromatic N) is 4. The molecule has 4 rings (SSSR count). The molecule has 0 fully saturated rings. The van der Waals surface area contributed by atoms with Crippen molar-refractivity contribution in [2.45, 2.75) is 27.3 Å². The van der Waals surface area contributed by atoms with E-state index in [1.807, 2.05) is 48.9 Å². The average Bonchev–Trinajstić information content (AvgIpc) is 3.37. The van der Waals surface area contributed by atoms with E-state index in [9.17, 15) is 4.79 Å². The van der Waals surface area contributed by atoms with Gasteiger partial charge in [-0.2, -0.15) is 15.3 Å². The number of hydrogen-bond donors (Lipinski definition) is 2. The van der Waals surface area contributed by atoms with Crippen LogP contribution in [-0.4, -0.2) is 32.1 Å². The number of rotatable bonds is 6. The Morgan fingerprint density at radius 1 is 1.10 bits per heavy atom. The number of aryl methyl sites for hydroxylation is 2. The first-order valence-electron chi connectivity index (χ1n) is 10.0. The molecule has 1 amide bonds. The minimum Gasteiger partial charge on any atom is -0.272 e. The Balaban J connectivity index is 1.43. The first kappa shape index (κ1) is 20.3. The molecule has 2 N–H and O–H groups in total. The molecule has 0 aliphatic rings. The first-order valence-corrected chi connectivity index (χ1v) is 10.0. The van der Waals surface area contributed by atoms with Crippen LogP contribution in [0.15, 0.2) is 65.8 Å². The summed E-state index contributed by atoms with van der Waals surface area (Å²) >= 11 is 0. The second-order valence-corrected chi connectivity index (χ2v) is 7.46. The van der Waals surface area contributed by atoms with Gasteiger partial charge in [0.25, 0.3) is 5.91 Å². The quantitative estimate of drug-likeness (QED) is 0.370. The van der Waals surface area contributed by atoms with Crippen LogP contribution >= 0.6 is 0 Å². The minimum absolute atomic E-state index is 0.347. The molecule has 0 unspecified atom stereocenters. The van der Waals surface area contributed by atoms with Crippen molar-refractivity contribution in [3.8, 4) is 11.3 Å². The van der Waals surface area contributed by atoms with Crippen LogP contribution in [0.3, 0.4) is 0 Å². The van der Waals surface area contributed by atoms with Crippen molar-refractivity contribution in [2.24, 2.45) is 5.10 Å². The molecule has 2 heterocycles. The highest BCUT2D eigenvalue weighted by Crippen LogP contribution is 2.17. The Kier molecular flexibility index (Phi) is 5.75. The highest BCUT2D eigenvalue weighted by atomic mass is 16.2. The van der Waals surface area contributed by atoms with Crippen LogP contribution in [0, 0.1) is 20.8 Å². The van der Waals surface area contributed by atoms with Crippen molar-refractivity contribution in [1.82, 2.24) is 25.4 Å². The Hall–Kier alpha value is -4.00. The lowest BCUT2D eigenvalue weighted by atomic mass is 10.1. The summed E-state index contributed by atoms with van der Waals surface area (Å²) in [5.41, 5.74) is 9.70. The maximum atomic E-state index is 12.4. The molecular formula is C24H24N6O. The predicted octanol–water partition coefficient (Wildman–Crippen LogP) is 4.01. The lowest BCUT2D eigenvalue weighted by molar-refractivity contribution is 0.0950. The number of H-pyrrole nitrogens is 1. The Morgan fingerprint density at radius 2 is 1.84 bits per heavy atom. The number of hydrogen-bond acceptors (Lipinski definition) is 4. The van der Waals surface area contributed by atoms with Crippen LogP contribution in [0.4, 0.5) is 0 Å². The van der Waals surface area contributed by atoms with Gasteiger partial charge >= 0.3 is 0 Å². The summed E-state index contributed by atoms with van der Waals surface area (Å²) in [6.45, 7) is 6.69. The van der Waals surface area contributed by atoms with Gasteiger partial charge < -0.3 is 0 Å². The summed E-state index contributed by atoms with van der Waals surface area (Å²) in [5, 5.41) is 15.7. The molecule has 7 nitrogen and oxygen atoms in total. The zero-order valence-electron chi connectivity index (χ0n) is 17.8.